The summed E-state index contributed by atoms with van der Waals surface area (Å²) in [5, 5.41) is 7.97. The first-order chi connectivity index (χ1) is 12.2. The topological polar surface area (TPSA) is 48.9 Å². The van der Waals surface area contributed by atoms with E-state index >= 15 is 0 Å². The fraction of sp³-hybridized carbons (Fsp3) is 0.632. The number of hydrogen-bond donors (Lipinski definition) is 2. The Morgan fingerprint density at radius 3 is 2.80 bits per heavy atom. The zero-order chi connectivity index (χ0) is 17.6. The lowest BCUT2D eigenvalue weighted by Crippen LogP contribution is -2.49. The minimum atomic E-state index is 0.450. The van der Waals surface area contributed by atoms with Gasteiger partial charge in [0.2, 0.25) is 0 Å². The lowest BCUT2D eigenvalue weighted by Gasteiger charge is -2.32. The van der Waals surface area contributed by atoms with Gasteiger partial charge in [-0.15, -0.1) is 0 Å². The predicted molar refractivity (Wildman–Crippen MR) is 104 cm³/mol. The molecule has 1 aromatic carbocycles. The third kappa shape index (κ3) is 5.33. The summed E-state index contributed by atoms with van der Waals surface area (Å²) in [7, 11) is 3.61. The van der Waals surface area contributed by atoms with Gasteiger partial charge in [0.1, 0.15) is 0 Å². The number of halogens is 1. The summed E-state index contributed by atoms with van der Waals surface area (Å²) in [6.07, 6.45) is 3.43. The van der Waals surface area contributed by atoms with Gasteiger partial charge in [-0.25, -0.2) is 0 Å². The van der Waals surface area contributed by atoms with Crippen LogP contribution in [0.4, 0.5) is 0 Å². The fourth-order valence-corrected chi connectivity index (χ4v) is 3.72. The van der Waals surface area contributed by atoms with Crippen LogP contribution in [-0.2, 0) is 4.74 Å². The van der Waals surface area contributed by atoms with Crippen LogP contribution in [0.1, 0.15) is 30.7 Å². The molecule has 25 heavy (non-hydrogen) atoms. The Balaban J connectivity index is 1.42. The van der Waals surface area contributed by atoms with Gasteiger partial charge in [-0.3, -0.25) is 4.99 Å². The molecule has 1 aliphatic carbocycles. The molecule has 5 nitrogen and oxygen atoms in total. The molecule has 2 unspecified atom stereocenters. The zero-order valence-electron chi connectivity index (χ0n) is 15.2. The molecule has 0 bridgehead atoms. The quantitative estimate of drug-likeness (QED) is 0.601. The number of nitrogens with one attached hydrogen (secondary N) is 2. The highest BCUT2D eigenvalue weighted by molar-refractivity contribution is 6.30. The lowest BCUT2D eigenvalue weighted by molar-refractivity contribution is 0.128. The van der Waals surface area contributed by atoms with Crippen LogP contribution in [0.5, 0.6) is 0 Å². The van der Waals surface area contributed by atoms with Crippen molar-refractivity contribution in [3.63, 3.8) is 0 Å². The smallest absolute Gasteiger partial charge is 0.191 e. The third-order valence-electron chi connectivity index (χ3n) is 5.15. The molecule has 6 heteroatoms. The number of aliphatic imine (C=N–C) groups is 1. The van der Waals surface area contributed by atoms with Crippen LogP contribution in [0.2, 0.25) is 5.02 Å². The van der Waals surface area contributed by atoms with Gasteiger partial charge in [0.25, 0.3) is 0 Å². The van der Waals surface area contributed by atoms with Crippen LogP contribution in [-0.4, -0.2) is 63.3 Å². The Kier molecular flexibility index (Phi) is 6.57. The summed E-state index contributed by atoms with van der Waals surface area (Å²) in [6.45, 7) is 4.08. The first-order valence-corrected chi connectivity index (χ1v) is 9.54. The Bertz CT molecular complexity index is 587. The summed E-state index contributed by atoms with van der Waals surface area (Å²) in [5.74, 6) is 1.46. The van der Waals surface area contributed by atoms with Crippen LogP contribution in [0.15, 0.2) is 29.3 Å². The Labute approximate surface area is 155 Å². The van der Waals surface area contributed by atoms with E-state index in [0.29, 0.717) is 18.0 Å². The van der Waals surface area contributed by atoms with E-state index in [1.54, 1.807) is 7.11 Å². The average Bonchev–Trinajstić information content (AvgIpc) is 3.40. The van der Waals surface area contributed by atoms with Crippen molar-refractivity contribution in [2.24, 2.45) is 4.99 Å². The molecule has 1 heterocycles. The van der Waals surface area contributed by atoms with Gasteiger partial charge in [0.05, 0.1) is 6.61 Å². The van der Waals surface area contributed by atoms with Gasteiger partial charge in [-0.05, 0) is 37.0 Å². The van der Waals surface area contributed by atoms with E-state index in [9.17, 15) is 0 Å². The summed E-state index contributed by atoms with van der Waals surface area (Å²) in [5.41, 5.74) is 1.31. The molecule has 138 valence electrons. The number of guanidine groups is 1. The van der Waals surface area contributed by atoms with E-state index in [2.05, 4.69) is 32.7 Å². The second-order valence-electron chi connectivity index (χ2n) is 6.97. The molecule has 3 rings (SSSR count). The highest BCUT2D eigenvalue weighted by Crippen LogP contribution is 2.41. The molecule has 1 saturated carbocycles. The van der Waals surface area contributed by atoms with E-state index in [4.69, 9.17) is 16.3 Å². The number of rotatable bonds is 6. The van der Waals surface area contributed by atoms with Gasteiger partial charge in [-0.2, -0.15) is 0 Å². The zero-order valence-corrected chi connectivity index (χ0v) is 15.9. The average molecular weight is 365 g/mol. The SMILES string of the molecule is CN=C(NC1CCN(CCOC)CC1)NC1CC1c1cccc(Cl)c1. The van der Waals surface area contributed by atoms with E-state index < -0.39 is 0 Å². The molecular formula is C19H29ClN4O. The van der Waals surface area contributed by atoms with E-state index in [1.165, 1.54) is 5.56 Å². The van der Waals surface area contributed by atoms with Crippen molar-refractivity contribution in [1.29, 1.82) is 0 Å². The molecule has 0 aromatic heterocycles. The number of piperidine rings is 1. The van der Waals surface area contributed by atoms with Crippen LogP contribution >= 0.6 is 11.6 Å². The van der Waals surface area contributed by atoms with Crippen molar-refractivity contribution in [2.45, 2.75) is 37.3 Å². The molecule has 0 radical (unpaired) electrons. The second kappa shape index (κ2) is 8.88. The monoisotopic (exact) mass is 364 g/mol. The van der Waals surface area contributed by atoms with Crippen LogP contribution in [0, 0.1) is 0 Å². The van der Waals surface area contributed by atoms with Crippen LogP contribution in [0.25, 0.3) is 0 Å². The van der Waals surface area contributed by atoms with Gasteiger partial charge >= 0.3 is 0 Å². The number of hydrogen-bond acceptors (Lipinski definition) is 3. The highest BCUT2D eigenvalue weighted by Gasteiger charge is 2.39. The van der Waals surface area contributed by atoms with Crippen molar-refractivity contribution in [3.8, 4) is 0 Å². The molecule has 1 aliphatic heterocycles. The first kappa shape index (κ1) is 18.5. The highest BCUT2D eigenvalue weighted by atomic mass is 35.5. The van der Waals surface area contributed by atoms with Crippen molar-refractivity contribution in [3.05, 3.63) is 34.9 Å². The maximum atomic E-state index is 6.10. The van der Waals surface area contributed by atoms with Gasteiger partial charge in [0.15, 0.2) is 5.96 Å². The van der Waals surface area contributed by atoms with Gasteiger partial charge in [0, 0.05) is 56.8 Å². The Morgan fingerprint density at radius 2 is 2.12 bits per heavy atom. The molecule has 0 spiro atoms. The maximum absolute atomic E-state index is 6.10. The van der Waals surface area contributed by atoms with E-state index in [1.807, 2.05) is 19.2 Å². The normalized spacial score (nSPS) is 25.0. The summed E-state index contributed by atoms with van der Waals surface area (Å²) >= 11 is 6.10. The molecule has 2 atom stereocenters. The predicted octanol–water partition coefficient (Wildman–Crippen LogP) is 2.47. The molecule has 0 amide bonds. The molecule has 1 saturated heterocycles. The minimum Gasteiger partial charge on any atom is -0.383 e. The lowest BCUT2D eigenvalue weighted by atomic mass is 10.1. The first-order valence-electron chi connectivity index (χ1n) is 9.16. The van der Waals surface area contributed by atoms with Crippen molar-refractivity contribution >= 4 is 17.6 Å². The molecular weight excluding hydrogens is 336 g/mol. The van der Waals surface area contributed by atoms with Crippen molar-refractivity contribution < 1.29 is 4.74 Å². The van der Waals surface area contributed by atoms with Crippen molar-refractivity contribution in [1.82, 2.24) is 15.5 Å². The molecule has 2 N–H and O–H groups in total. The molecule has 1 aromatic rings. The minimum absolute atomic E-state index is 0.450. The number of nitrogens with zero attached hydrogens (tertiary/aromatic N) is 2. The number of ether oxygens (including phenoxy) is 1. The molecule has 2 aliphatic rings. The summed E-state index contributed by atoms with van der Waals surface area (Å²) in [6, 6.07) is 9.12. The second-order valence-corrected chi connectivity index (χ2v) is 7.41. The maximum Gasteiger partial charge on any atom is 0.191 e. The number of benzene rings is 1. The number of methoxy groups -OCH3 is 1. The van der Waals surface area contributed by atoms with Crippen molar-refractivity contribution in [2.75, 3.05) is 40.4 Å². The molecule has 2 fully saturated rings. The third-order valence-corrected chi connectivity index (χ3v) is 5.39. The van der Waals surface area contributed by atoms with Gasteiger partial charge in [-0.1, -0.05) is 23.7 Å². The Hall–Kier alpha value is -1.30. The fourth-order valence-electron chi connectivity index (χ4n) is 3.52. The largest absolute Gasteiger partial charge is 0.383 e. The number of likely N-dealkylation sites (tertiary alicyclic amines) is 1. The van der Waals surface area contributed by atoms with Gasteiger partial charge < -0.3 is 20.3 Å². The van der Waals surface area contributed by atoms with E-state index in [-0.39, 0.29) is 0 Å². The van der Waals surface area contributed by atoms with Crippen LogP contribution in [0.3, 0.4) is 0 Å². The standard InChI is InChI=1S/C19H29ClN4O/c1-21-19(22-16-6-8-24(9-7-16)10-11-25-2)23-18-13-17(18)14-4-3-5-15(20)12-14/h3-5,12,16-18H,6-11,13H2,1-2H3,(H2,21,22,23). The Morgan fingerprint density at radius 1 is 1.32 bits per heavy atom. The van der Waals surface area contributed by atoms with Crippen LogP contribution < -0.4 is 10.6 Å². The van der Waals surface area contributed by atoms with E-state index in [0.717, 1.165) is 56.5 Å². The summed E-state index contributed by atoms with van der Waals surface area (Å²) in [4.78, 5) is 6.88. The summed E-state index contributed by atoms with van der Waals surface area (Å²) < 4.78 is 5.16.